The quantitative estimate of drug-likeness (QED) is 0.587. The first-order chi connectivity index (χ1) is 5.43. The molecule has 0 spiro atoms. The van der Waals surface area contributed by atoms with E-state index in [-0.39, 0.29) is 6.61 Å². The lowest BCUT2D eigenvalue weighted by Gasteiger charge is -2.08. The first kappa shape index (κ1) is 9.01. The van der Waals surface area contributed by atoms with Crippen LogP contribution < -0.4 is 5.32 Å². The van der Waals surface area contributed by atoms with Crippen molar-refractivity contribution in [2.75, 3.05) is 19.7 Å². The van der Waals surface area contributed by atoms with Crippen LogP contribution >= 0.6 is 0 Å². The Labute approximate surface area is 69.0 Å². The molecule has 1 fully saturated rings. The lowest BCUT2D eigenvalue weighted by molar-refractivity contribution is 0.290. The minimum atomic E-state index is 0.269. The van der Waals surface area contributed by atoms with Crippen molar-refractivity contribution in [2.24, 2.45) is 5.92 Å². The van der Waals surface area contributed by atoms with Crippen molar-refractivity contribution in [1.82, 2.24) is 5.32 Å². The first-order valence-electron chi connectivity index (χ1n) is 4.75. The minimum Gasteiger partial charge on any atom is -0.395 e. The molecule has 66 valence electrons. The molecule has 0 atom stereocenters. The summed E-state index contributed by atoms with van der Waals surface area (Å²) in [5, 5.41) is 11.7. The summed E-state index contributed by atoms with van der Waals surface area (Å²) in [7, 11) is 0. The molecule has 0 unspecified atom stereocenters. The highest BCUT2D eigenvalue weighted by Crippen LogP contribution is 2.26. The fraction of sp³-hybridized carbons (Fsp3) is 1.00. The molecule has 0 aliphatic heterocycles. The van der Waals surface area contributed by atoms with Gasteiger partial charge in [-0.15, -0.1) is 0 Å². The van der Waals surface area contributed by atoms with E-state index in [9.17, 15) is 0 Å². The van der Waals surface area contributed by atoms with Crippen molar-refractivity contribution in [1.29, 1.82) is 0 Å². The van der Waals surface area contributed by atoms with E-state index >= 15 is 0 Å². The molecule has 2 heteroatoms. The van der Waals surface area contributed by atoms with Gasteiger partial charge in [0, 0.05) is 6.54 Å². The summed E-state index contributed by atoms with van der Waals surface area (Å²) in [5.41, 5.74) is 0. The fourth-order valence-electron chi connectivity index (χ4n) is 1.81. The zero-order valence-corrected chi connectivity index (χ0v) is 7.18. The minimum absolute atomic E-state index is 0.269. The molecule has 0 aromatic carbocycles. The molecule has 0 amide bonds. The van der Waals surface area contributed by atoms with E-state index in [1.807, 2.05) is 0 Å². The Bertz CT molecular complexity index is 89.6. The molecule has 0 aromatic heterocycles. The maximum Gasteiger partial charge on any atom is 0.0555 e. The summed E-state index contributed by atoms with van der Waals surface area (Å²) in [6.45, 7) is 2.11. The van der Waals surface area contributed by atoms with Crippen LogP contribution in [0.5, 0.6) is 0 Å². The van der Waals surface area contributed by atoms with Crippen molar-refractivity contribution in [3.8, 4) is 0 Å². The number of nitrogens with one attached hydrogen (secondary N) is 1. The summed E-state index contributed by atoms with van der Waals surface area (Å²) in [6.07, 6.45) is 7.04. The number of aliphatic hydroxyl groups excluding tert-OH is 1. The Hall–Kier alpha value is -0.0800. The van der Waals surface area contributed by atoms with E-state index in [1.165, 1.54) is 32.1 Å². The molecule has 0 heterocycles. The van der Waals surface area contributed by atoms with Gasteiger partial charge in [0.05, 0.1) is 6.61 Å². The van der Waals surface area contributed by atoms with E-state index in [0.717, 1.165) is 19.0 Å². The molecule has 0 radical (unpaired) electrons. The predicted molar refractivity (Wildman–Crippen MR) is 46.5 cm³/mol. The summed E-state index contributed by atoms with van der Waals surface area (Å²) < 4.78 is 0. The summed E-state index contributed by atoms with van der Waals surface area (Å²) in [5.74, 6) is 0.973. The predicted octanol–water partition coefficient (Wildman–Crippen LogP) is 1.15. The molecule has 2 nitrogen and oxygen atoms in total. The Morgan fingerprint density at radius 3 is 2.55 bits per heavy atom. The van der Waals surface area contributed by atoms with Gasteiger partial charge in [-0.2, -0.15) is 0 Å². The number of aliphatic hydroxyl groups is 1. The van der Waals surface area contributed by atoms with Crippen LogP contribution in [0.25, 0.3) is 0 Å². The van der Waals surface area contributed by atoms with Crippen molar-refractivity contribution < 1.29 is 5.11 Å². The van der Waals surface area contributed by atoms with E-state index in [0.29, 0.717) is 0 Å². The molecule has 11 heavy (non-hydrogen) atoms. The molecule has 1 aliphatic carbocycles. The average molecular weight is 157 g/mol. The average Bonchev–Trinajstić information content (AvgIpc) is 2.50. The van der Waals surface area contributed by atoms with Crippen LogP contribution in [0.2, 0.25) is 0 Å². The molecule has 1 aliphatic rings. The van der Waals surface area contributed by atoms with Gasteiger partial charge in [-0.25, -0.2) is 0 Å². The van der Waals surface area contributed by atoms with E-state index < -0.39 is 0 Å². The second-order valence-electron chi connectivity index (χ2n) is 3.41. The number of hydrogen-bond acceptors (Lipinski definition) is 2. The Morgan fingerprint density at radius 1 is 1.18 bits per heavy atom. The van der Waals surface area contributed by atoms with E-state index in [1.54, 1.807) is 0 Å². The zero-order valence-electron chi connectivity index (χ0n) is 7.18. The highest BCUT2D eigenvalue weighted by atomic mass is 16.3. The second-order valence-corrected chi connectivity index (χ2v) is 3.41. The molecular weight excluding hydrogens is 138 g/mol. The van der Waals surface area contributed by atoms with Crippen LogP contribution in [0.4, 0.5) is 0 Å². The maximum absolute atomic E-state index is 8.50. The third-order valence-corrected chi connectivity index (χ3v) is 2.49. The molecule has 1 rings (SSSR count). The first-order valence-corrected chi connectivity index (χ1v) is 4.75. The van der Waals surface area contributed by atoms with Gasteiger partial charge in [-0.1, -0.05) is 25.7 Å². The summed E-state index contributed by atoms with van der Waals surface area (Å²) in [6, 6.07) is 0. The van der Waals surface area contributed by atoms with Crippen LogP contribution in [-0.4, -0.2) is 24.8 Å². The molecule has 2 N–H and O–H groups in total. The topological polar surface area (TPSA) is 32.3 Å². The molecule has 0 bridgehead atoms. The highest BCUT2D eigenvalue weighted by molar-refractivity contribution is 4.67. The standard InChI is InChI=1S/C9H19NO/c11-8-7-10-6-5-9-3-1-2-4-9/h9-11H,1-8H2. The number of rotatable bonds is 5. The van der Waals surface area contributed by atoms with E-state index in [4.69, 9.17) is 5.11 Å². The zero-order chi connectivity index (χ0) is 7.94. The SMILES string of the molecule is OCCNCCC1CCCC1. The maximum atomic E-state index is 8.50. The summed E-state index contributed by atoms with van der Waals surface area (Å²) in [4.78, 5) is 0. The van der Waals surface area contributed by atoms with Gasteiger partial charge in [0.25, 0.3) is 0 Å². The highest BCUT2D eigenvalue weighted by Gasteiger charge is 2.13. The Balaban J connectivity index is 1.86. The second kappa shape index (κ2) is 5.56. The number of hydrogen-bond donors (Lipinski definition) is 2. The van der Waals surface area contributed by atoms with Gasteiger partial charge in [0.1, 0.15) is 0 Å². The van der Waals surface area contributed by atoms with Gasteiger partial charge in [-0.05, 0) is 18.9 Å². The van der Waals surface area contributed by atoms with Gasteiger partial charge in [0.15, 0.2) is 0 Å². The fourth-order valence-corrected chi connectivity index (χ4v) is 1.81. The van der Waals surface area contributed by atoms with Crippen LogP contribution in [0, 0.1) is 5.92 Å². The van der Waals surface area contributed by atoms with Crippen molar-refractivity contribution in [3.05, 3.63) is 0 Å². The Morgan fingerprint density at radius 2 is 1.91 bits per heavy atom. The third kappa shape index (κ3) is 3.73. The largest absolute Gasteiger partial charge is 0.395 e. The van der Waals surface area contributed by atoms with Crippen LogP contribution in [0.1, 0.15) is 32.1 Å². The molecule has 0 aromatic rings. The van der Waals surface area contributed by atoms with Crippen LogP contribution in [0.15, 0.2) is 0 Å². The molecule has 1 saturated carbocycles. The van der Waals surface area contributed by atoms with E-state index in [2.05, 4.69) is 5.32 Å². The Kier molecular flexibility index (Phi) is 4.55. The van der Waals surface area contributed by atoms with Crippen LogP contribution in [-0.2, 0) is 0 Å². The summed E-state index contributed by atoms with van der Waals surface area (Å²) >= 11 is 0. The van der Waals surface area contributed by atoms with Crippen molar-refractivity contribution >= 4 is 0 Å². The van der Waals surface area contributed by atoms with Crippen LogP contribution in [0.3, 0.4) is 0 Å². The molecular formula is C9H19NO. The van der Waals surface area contributed by atoms with Gasteiger partial charge >= 0.3 is 0 Å². The van der Waals surface area contributed by atoms with Gasteiger partial charge in [0.2, 0.25) is 0 Å². The molecule has 0 saturated heterocycles. The smallest absolute Gasteiger partial charge is 0.0555 e. The normalized spacial score (nSPS) is 19.4. The lowest BCUT2D eigenvalue weighted by Crippen LogP contribution is -2.20. The van der Waals surface area contributed by atoms with Gasteiger partial charge in [-0.3, -0.25) is 0 Å². The lowest BCUT2D eigenvalue weighted by atomic mass is 10.0. The van der Waals surface area contributed by atoms with Crippen molar-refractivity contribution in [3.63, 3.8) is 0 Å². The third-order valence-electron chi connectivity index (χ3n) is 2.49. The van der Waals surface area contributed by atoms with Gasteiger partial charge < -0.3 is 10.4 Å². The van der Waals surface area contributed by atoms with Crippen molar-refractivity contribution in [2.45, 2.75) is 32.1 Å². The monoisotopic (exact) mass is 157 g/mol.